The van der Waals surface area contributed by atoms with Crippen molar-refractivity contribution in [3.8, 4) is 11.3 Å². The third-order valence-corrected chi connectivity index (χ3v) is 5.44. The number of aromatic nitrogens is 4. The number of halogens is 2. The molecule has 0 unspecified atom stereocenters. The largest absolute Gasteiger partial charge is 0.351 e. The van der Waals surface area contributed by atoms with Crippen molar-refractivity contribution >= 4 is 16.7 Å². The Kier molecular flexibility index (Phi) is 6.58. The van der Waals surface area contributed by atoms with Crippen LogP contribution < -0.4 is 16.4 Å². The van der Waals surface area contributed by atoms with E-state index >= 15 is 0 Å². The van der Waals surface area contributed by atoms with Gasteiger partial charge >= 0.3 is 0 Å². The van der Waals surface area contributed by atoms with Gasteiger partial charge < -0.3 is 5.32 Å². The maximum Gasteiger partial charge on any atom is 0.272 e. The molecule has 4 aromatic rings. The van der Waals surface area contributed by atoms with Gasteiger partial charge in [0.2, 0.25) is 5.91 Å². The standard InChI is InChI=1S/C24H21F2N5O3/c1-2-15(27-22(32)12-21-16-5-3-4-6-17(16)24(34)29-28-21)13-31-23(33)10-9-20(30-31)14-7-8-18(25)19(26)11-14/h3-11,15H,2,12-13H2,1H3,(H,27,32)(H,29,34)/t15-/m1/s1. The first-order valence-corrected chi connectivity index (χ1v) is 10.6. The molecule has 0 aliphatic carbocycles. The Bertz CT molecular complexity index is 1480. The molecule has 2 aromatic heterocycles. The van der Waals surface area contributed by atoms with Crippen molar-refractivity contribution < 1.29 is 13.6 Å². The topological polar surface area (TPSA) is 110 Å². The number of H-pyrrole nitrogens is 1. The van der Waals surface area contributed by atoms with Crippen LogP contribution in [-0.4, -0.2) is 31.9 Å². The summed E-state index contributed by atoms with van der Waals surface area (Å²) < 4.78 is 28.0. The Labute approximate surface area is 192 Å². The minimum absolute atomic E-state index is 0.0645. The normalized spacial score (nSPS) is 12.0. The molecule has 0 saturated heterocycles. The Morgan fingerprint density at radius 3 is 2.56 bits per heavy atom. The summed E-state index contributed by atoms with van der Waals surface area (Å²) in [5.74, 6) is -2.32. The summed E-state index contributed by atoms with van der Waals surface area (Å²) in [5.41, 5.74) is 0.312. The maximum absolute atomic E-state index is 13.6. The summed E-state index contributed by atoms with van der Waals surface area (Å²) in [6.45, 7) is 1.93. The number of rotatable bonds is 7. The van der Waals surface area contributed by atoms with Crippen LogP contribution in [0.15, 0.2) is 64.2 Å². The number of amides is 1. The van der Waals surface area contributed by atoms with E-state index < -0.39 is 23.2 Å². The molecule has 1 amide bonds. The predicted octanol–water partition coefficient (Wildman–Crippen LogP) is 2.56. The smallest absolute Gasteiger partial charge is 0.272 e. The number of carbonyl (C=O) groups excluding carboxylic acids is 1. The van der Waals surface area contributed by atoms with Crippen LogP contribution in [0.1, 0.15) is 19.0 Å². The van der Waals surface area contributed by atoms with Gasteiger partial charge in [0.05, 0.1) is 29.7 Å². The molecule has 0 aliphatic rings. The number of hydrogen-bond acceptors (Lipinski definition) is 5. The lowest BCUT2D eigenvalue weighted by Gasteiger charge is -2.18. The van der Waals surface area contributed by atoms with Crippen molar-refractivity contribution in [1.29, 1.82) is 0 Å². The minimum Gasteiger partial charge on any atom is -0.351 e. The number of aromatic amines is 1. The summed E-state index contributed by atoms with van der Waals surface area (Å²) in [7, 11) is 0. The van der Waals surface area contributed by atoms with Gasteiger partial charge in [-0.15, -0.1) is 0 Å². The molecule has 2 aromatic carbocycles. The van der Waals surface area contributed by atoms with Gasteiger partial charge in [0, 0.05) is 23.1 Å². The van der Waals surface area contributed by atoms with Crippen LogP contribution in [0.25, 0.3) is 22.0 Å². The summed E-state index contributed by atoms with van der Waals surface area (Å²) in [4.78, 5) is 37.0. The molecule has 2 N–H and O–H groups in total. The molecule has 8 nitrogen and oxygen atoms in total. The number of carbonyl (C=O) groups is 1. The van der Waals surface area contributed by atoms with Crippen LogP contribution in [0.5, 0.6) is 0 Å². The lowest BCUT2D eigenvalue weighted by Crippen LogP contribution is -2.41. The van der Waals surface area contributed by atoms with E-state index in [1.54, 1.807) is 24.3 Å². The summed E-state index contributed by atoms with van der Waals surface area (Å²) in [6, 6.07) is 12.5. The highest BCUT2D eigenvalue weighted by molar-refractivity contribution is 5.88. The maximum atomic E-state index is 13.6. The van der Waals surface area contributed by atoms with E-state index in [-0.39, 0.29) is 24.4 Å². The third-order valence-electron chi connectivity index (χ3n) is 5.44. The van der Waals surface area contributed by atoms with E-state index in [0.717, 1.165) is 12.1 Å². The van der Waals surface area contributed by atoms with Crippen molar-refractivity contribution in [1.82, 2.24) is 25.3 Å². The average Bonchev–Trinajstić information content (AvgIpc) is 2.83. The molecule has 34 heavy (non-hydrogen) atoms. The SMILES string of the molecule is CC[C@H](Cn1nc(-c2ccc(F)c(F)c2)ccc1=O)NC(=O)Cc1n[nH]c(=O)c2ccccc12. The van der Waals surface area contributed by atoms with Gasteiger partial charge in [-0.3, -0.25) is 14.4 Å². The zero-order valence-corrected chi connectivity index (χ0v) is 18.2. The summed E-state index contributed by atoms with van der Waals surface area (Å²) in [6.07, 6.45) is 0.445. The van der Waals surface area contributed by atoms with E-state index in [0.29, 0.717) is 34.1 Å². The van der Waals surface area contributed by atoms with Crippen molar-refractivity contribution in [3.63, 3.8) is 0 Å². The molecule has 10 heteroatoms. The molecule has 2 heterocycles. The van der Waals surface area contributed by atoms with Crippen LogP contribution >= 0.6 is 0 Å². The number of benzene rings is 2. The van der Waals surface area contributed by atoms with Crippen molar-refractivity contribution in [3.05, 3.63) is 92.6 Å². The fraction of sp³-hybridized carbons (Fsp3) is 0.208. The molecule has 0 spiro atoms. The minimum atomic E-state index is -1.01. The molecular weight excluding hydrogens is 444 g/mol. The van der Waals surface area contributed by atoms with E-state index in [4.69, 9.17) is 0 Å². The summed E-state index contributed by atoms with van der Waals surface area (Å²) in [5, 5.41) is 14.6. The van der Waals surface area contributed by atoms with Crippen LogP contribution in [0, 0.1) is 11.6 Å². The average molecular weight is 465 g/mol. The van der Waals surface area contributed by atoms with Gasteiger partial charge in [-0.2, -0.15) is 10.2 Å². The Morgan fingerprint density at radius 1 is 1.06 bits per heavy atom. The van der Waals surface area contributed by atoms with E-state index in [9.17, 15) is 23.2 Å². The first kappa shape index (κ1) is 23.0. The van der Waals surface area contributed by atoms with E-state index in [2.05, 4.69) is 20.6 Å². The molecule has 174 valence electrons. The van der Waals surface area contributed by atoms with Crippen molar-refractivity contribution in [2.75, 3.05) is 0 Å². The fourth-order valence-corrected chi connectivity index (χ4v) is 3.61. The van der Waals surface area contributed by atoms with Crippen LogP contribution in [0.3, 0.4) is 0 Å². The van der Waals surface area contributed by atoms with Gasteiger partial charge in [-0.05, 0) is 36.8 Å². The number of fused-ring (bicyclic) bond motifs is 1. The van der Waals surface area contributed by atoms with Gasteiger partial charge in [0.25, 0.3) is 11.1 Å². The lowest BCUT2D eigenvalue weighted by molar-refractivity contribution is -0.121. The zero-order valence-electron chi connectivity index (χ0n) is 18.2. The molecule has 1 atom stereocenters. The molecule has 0 aliphatic heterocycles. The fourth-order valence-electron chi connectivity index (χ4n) is 3.61. The molecule has 4 rings (SSSR count). The van der Waals surface area contributed by atoms with Crippen LogP contribution in [0.4, 0.5) is 8.78 Å². The van der Waals surface area contributed by atoms with Crippen LogP contribution in [0.2, 0.25) is 0 Å². The highest BCUT2D eigenvalue weighted by Crippen LogP contribution is 2.18. The van der Waals surface area contributed by atoms with E-state index in [1.807, 2.05) is 6.92 Å². The van der Waals surface area contributed by atoms with Gasteiger partial charge in [0.15, 0.2) is 11.6 Å². The first-order chi connectivity index (χ1) is 16.4. The Balaban J connectivity index is 1.51. The lowest BCUT2D eigenvalue weighted by atomic mass is 10.1. The zero-order chi connectivity index (χ0) is 24.2. The highest BCUT2D eigenvalue weighted by Gasteiger charge is 2.16. The molecule has 0 saturated carbocycles. The van der Waals surface area contributed by atoms with E-state index in [1.165, 1.54) is 22.9 Å². The van der Waals surface area contributed by atoms with Crippen LogP contribution in [-0.2, 0) is 17.8 Å². The third kappa shape index (κ3) is 4.90. The van der Waals surface area contributed by atoms with Gasteiger partial charge in [-0.1, -0.05) is 25.1 Å². The molecule has 0 radical (unpaired) electrons. The second-order valence-electron chi connectivity index (χ2n) is 7.76. The molecule has 0 fully saturated rings. The second kappa shape index (κ2) is 9.74. The van der Waals surface area contributed by atoms with Crippen molar-refractivity contribution in [2.45, 2.75) is 32.4 Å². The Hall–Kier alpha value is -4.21. The number of nitrogens with zero attached hydrogens (tertiary/aromatic N) is 3. The number of hydrogen-bond donors (Lipinski definition) is 2. The number of nitrogens with one attached hydrogen (secondary N) is 2. The second-order valence-corrected chi connectivity index (χ2v) is 7.76. The predicted molar refractivity (Wildman–Crippen MR) is 122 cm³/mol. The molecule has 0 bridgehead atoms. The molecular formula is C24H21F2N5O3. The highest BCUT2D eigenvalue weighted by atomic mass is 19.2. The first-order valence-electron chi connectivity index (χ1n) is 10.6. The quantitative estimate of drug-likeness (QED) is 0.436. The van der Waals surface area contributed by atoms with Gasteiger partial charge in [0.1, 0.15) is 0 Å². The monoisotopic (exact) mass is 465 g/mol. The van der Waals surface area contributed by atoms with Crippen molar-refractivity contribution in [2.24, 2.45) is 0 Å². The van der Waals surface area contributed by atoms with Gasteiger partial charge in [-0.25, -0.2) is 18.6 Å². The Morgan fingerprint density at radius 2 is 1.82 bits per heavy atom. The summed E-state index contributed by atoms with van der Waals surface area (Å²) >= 11 is 0.